The van der Waals surface area contributed by atoms with Gasteiger partial charge in [-0.1, -0.05) is 43.0 Å². The first-order chi connectivity index (χ1) is 11.8. The van der Waals surface area contributed by atoms with Gasteiger partial charge in [-0.2, -0.15) is 12.6 Å². The Labute approximate surface area is 150 Å². The lowest BCUT2D eigenvalue weighted by Crippen LogP contribution is -2.23. The molecule has 24 heavy (non-hydrogen) atoms. The lowest BCUT2D eigenvalue weighted by atomic mass is 10.2. The molecule has 0 radical (unpaired) electrons. The quantitative estimate of drug-likeness (QED) is 0.464. The molecule has 0 aliphatic rings. The van der Waals surface area contributed by atoms with E-state index < -0.39 is 0 Å². The van der Waals surface area contributed by atoms with E-state index in [2.05, 4.69) is 59.8 Å². The molecule has 0 amide bonds. The van der Waals surface area contributed by atoms with Crippen LogP contribution in [0.2, 0.25) is 0 Å². The Morgan fingerprint density at radius 3 is 2.33 bits per heavy atom. The third-order valence-corrected chi connectivity index (χ3v) is 3.83. The van der Waals surface area contributed by atoms with Crippen LogP contribution >= 0.6 is 12.6 Å². The van der Waals surface area contributed by atoms with Gasteiger partial charge in [0.1, 0.15) is 0 Å². The predicted molar refractivity (Wildman–Crippen MR) is 110 cm³/mol. The Bertz CT molecular complexity index is 663. The lowest BCUT2D eigenvalue weighted by molar-refractivity contribution is 0.870. The zero-order chi connectivity index (χ0) is 17.0. The highest BCUT2D eigenvalue weighted by Crippen LogP contribution is 2.20. The Kier molecular flexibility index (Phi) is 7.78. The number of rotatable bonds is 9. The maximum Gasteiger partial charge on any atom is 0.0410 e. The van der Waals surface area contributed by atoms with E-state index in [0.717, 1.165) is 35.8 Å². The molecule has 1 N–H and O–H groups in total. The molecule has 2 aromatic carbocycles. The Hall–Kier alpha value is -2.39. The monoisotopic (exact) mass is 336 g/mol. The molecule has 0 aliphatic heterocycles. The average molecular weight is 337 g/mol. The molecule has 0 fully saturated rings. The molecule has 0 atom stereocenters. The van der Waals surface area contributed by atoms with Crippen LogP contribution in [0.5, 0.6) is 0 Å². The minimum atomic E-state index is 0.860. The summed E-state index contributed by atoms with van der Waals surface area (Å²) in [6, 6.07) is 20.4. The normalized spacial score (nSPS) is 11.5. The van der Waals surface area contributed by atoms with E-state index in [1.807, 2.05) is 54.8 Å². The van der Waals surface area contributed by atoms with Crippen LogP contribution in [0.1, 0.15) is 6.42 Å². The highest BCUT2D eigenvalue weighted by molar-refractivity contribution is 7.80. The molecule has 0 unspecified atom stereocenters. The number of allylic oxidation sites excluding steroid dienone is 3. The van der Waals surface area contributed by atoms with Gasteiger partial charge in [-0.15, -0.1) is 0 Å². The van der Waals surface area contributed by atoms with Gasteiger partial charge >= 0.3 is 0 Å². The first kappa shape index (κ1) is 18.0. The van der Waals surface area contributed by atoms with Crippen molar-refractivity contribution in [2.75, 3.05) is 22.5 Å². The second kappa shape index (κ2) is 10.4. The van der Waals surface area contributed by atoms with Crippen LogP contribution in [-0.4, -0.2) is 12.3 Å². The van der Waals surface area contributed by atoms with Crippen LogP contribution in [0.15, 0.2) is 97.4 Å². The second-order valence-corrected chi connectivity index (χ2v) is 5.68. The largest absolute Gasteiger partial charge is 0.362 e. The standard InChI is InChI=1S/C21H24N2S/c1-2-20(15-9-16-22-19-11-5-3-6-12-19)23(17-10-18-24)21-13-7-4-8-14-21/h2-9,11-16,22,24H,1,10,17-18H2/b16-9+,20-15+. The van der Waals surface area contributed by atoms with Crippen molar-refractivity contribution in [2.24, 2.45) is 0 Å². The zero-order valence-electron chi connectivity index (χ0n) is 13.8. The van der Waals surface area contributed by atoms with Crippen LogP contribution in [0.4, 0.5) is 11.4 Å². The second-order valence-electron chi connectivity index (χ2n) is 5.23. The van der Waals surface area contributed by atoms with E-state index in [1.54, 1.807) is 0 Å². The Balaban J connectivity index is 2.11. The fourth-order valence-corrected chi connectivity index (χ4v) is 2.48. The number of nitrogens with zero attached hydrogens (tertiary/aromatic N) is 1. The van der Waals surface area contributed by atoms with Gasteiger partial charge in [0, 0.05) is 29.8 Å². The summed E-state index contributed by atoms with van der Waals surface area (Å²) in [5.41, 5.74) is 3.29. The van der Waals surface area contributed by atoms with Crippen molar-refractivity contribution < 1.29 is 0 Å². The molecular formula is C21H24N2S. The van der Waals surface area contributed by atoms with Crippen LogP contribution in [0.3, 0.4) is 0 Å². The maximum atomic E-state index is 4.34. The zero-order valence-corrected chi connectivity index (χ0v) is 14.7. The summed E-state index contributed by atoms with van der Waals surface area (Å²) in [6.45, 7) is 4.88. The van der Waals surface area contributed by atoms with Crippen molar-refractivity contribution in [1.29, 1.82) is 0 Å². The summed E-state index contributed by atoms with van der Waals surface area (Å²) in [6.07, 6.45) is 8.89. The van der Waals surface area contributed by atoms with Gasteiger partial charge in [-0.05, 0) is 54.7 Å². The molecular weight excluding hydrogens is 312 g/mol. The van der Waals surface area contributed by atoms with E-state index in [-0.39, 0.29) is 0 Å². The van der Waals surface area contributed by atoms with Gasteiger partial charge in [0.2, 0.25) is 0 Å². The average Bonchev–Trinajstić information content (AvgIpc) is 2.65. The Morgan fingerprint density at radius 1 is 1.04 bits per heavy atom. The molecule has 0 spiro atoms. The van der Waals surface area contributed by atoms with E-state index >= 15 is 0 Å². The molecule has 0 saturated heterocycles. The first-order valence-electron chi connectivity index (χ1n) is 8.09. The summed E-state index contributed by atoms with van der Waals surface area (Å²) in [7, 11) is 0. The van der Waals surface area contributed by atoms with Crippen molar-refractivity contribution in [3.05, 3.63) is 97.4 Å². The third-order valence-electron chi connectivity index (χ3n) is 3.52. The predicted octanol–water partition coefficient (Wildman–Crippen LogP) is 5.51. The molecule has 2 rings (SSSR count). The number of para-hydroxylation sites is 2. The highest BCUT2D eigenvalue weighted by Gasteiger charge is 2.08. The molecule has 124 valence electrons. The van der Waals surface area contributed by atoms with Crippen LogP contribution in [0.25, 0.3) is 0 Å². The fraction of sp³-hybridized carbons (Fsp3) is 0.143. The summed E-state index contributed by atoms with van der Waals surface area (Å²) < 4.78 is 0. The van der Waals surface area contributed by atoms with Crippen LogP contribution < -0.4 is 10.2 Å². The lowest BCUT2D eigenvalue weighted by Gasteiger charge is -2.25. The molecule has 0 saturated carbocycles. The van der Waals surface area contributed by atoms with Gasteiger partial charge in [-0.25, -0.2) is 0 Å². The minimum Gasteiger partial charge on any atom is -0.362 e. The Morgan fingerprint density at radius 2 is 1.71 bits per heavy atom. The van der Waals surface area contributed by atoms with Crippen molar-refractivity contribution in [1.82, 2.24) is 0 Å². The third kappa shape index (κ3) is 5.67. The minimum absolute atomic E-state index is 0.860. The number of anilines is 2. The number of nitrogens with one attached hydrogen (secondary N) is 1. The van der Waals surface area contributed by atoms with Gasteiger partial charge in [0.05, 0.1) is 0 Å². The van der Waals surface area contributed by atoms with E-state index in [0.29, 0.717) is 0 Å². The molecule has 0 heterocycles. The van der Waals surface area contributed by atoms with E-state index in [1.165, 1.54) is 0 Å². The molecule has 0 bridgehead atoms. The molecule has 2 aromatic rings. The smallest absolute Gasteiger partial charge is 0.0410 e. The maximum absolute atomic E-state index is 4.34. The van der Waals surface area contributed by atoms with Crippen LogP contribution in [-0.2, 0) is 0 Å². The van der Waals surface area contributed by atoms with Crippen LogP contribution in [0, 0.1) is 0 Å². The van der Waals surface area contributed by atoms with Crippen molar-refractivity contribution in [3.63, 3.8) is 0 Å². The first-order valence-corrected chi connectivity index (χ1v) is 8.72. The molecule has 0 aliphatic carbocycles. The topological polar surface area (TPSA) is 15.3 Å². The van der Waals surface area contributed by atoms with E-state index in [9.17, 15) is 0 Å². The summed E-state index contributed by atoms with van der Waals surface area (Å²) >= 11 is 4.34. The number of hydrogen-bond acceptors (Lipinski definition) is 3. The summed E-state index contributed by atoms with van der Waals surface area (Å²) in [5.74, 6) is 0.860. The highest BCUT2D eigenvalue weighted by atomic mass is 32.1. The van der Waals surface area contributed by atoms with Gasteiger partial charge in [0.25, 0.3) is 0 Å². The van der Waals surface area contributed by atoms with Gasteiger partial charge < -0.3 is 10.2 Å². The SMILES string of the molecule is C=C/C(=C\C=C\Nc1ccccc1)N(CCCS)c1ccccc1. The fourth-order valence-electron chi connectivity index (χ4n) is 2.34. The number of hydrogen-bond donors (Lipinski definition) is 2. The van der Waals surface area contributed by atoms with Gasteiger partial charge in [0.15, 0.2) is 0 Å². The molecule has 0 aromatic heterocycles. The van der Waals surface area contributed by atoms with E-state index in [4.69, 9.17) is 0 Å². The number of benzene rings is 2. The van der Waals surface area contributed by atoms with Crippen molar-refractivity contribution in [3.8, 4) is 0 Å². The summed E-state index contributed by atoms with van der Waals surface area (Å²) in [5, 5.41) is 3.26. The molecule has 3 heteroatoms. The van der Waals surface area contributed by atoms with Crippen molar-refractivity contribution in [2.45, 2.75) is 6.42 Å². The summed E-state index contributed by atoms with van der Waals surface area (Å²) in [4.78, 5) is 2.26. The van der Waals surface area contributed by atoms with Crippen molar-refractivity contribution >= 4 is 24.0 Å². The molecule has 2 nitrogen and oxygen atoms in total. The number of thiol groups is 1. The van der Waals surface area contributed by atoms with Gasteiger partial charge in [-0.3, -0.25) is 0 Å².